The summed E-state index contributed by atoms with van der Waals surface area (Å²) in [5.74, 6) is 0. The van der Waals surface area contributed by atoms with Crippen LogP contribution in [0, 0.1) is 0 Å². The Labute approximate surface area is 106 Å². The molecular weight excluding hydrogens is 250 g/mol. The van der Waals surface area contributed by atoms with Gasteiger partial charge in [0.25, 0.3) is 10.1 Å². The lowest BCUT2D eigenvalue weighted by Gasteiger charge is -2.07. The Bertz CT molecular complexity index is 648. The van der Waals surface area contributed by atoms with Crippen molar-refractivity contribution in [2.45, 2.75) is 11.4 Å². The van der Waals surface area contributed by atoms with Gasteiger partial charge in [-0.05, 0) is 17.2 Å². The molecule has 0 aromatic heterocycles. The average Bonchev–Trinajstić information content (AvgIpc) is 2.38. The summed E-state index contributed by atoms with van der Waals surface area (Å²) in [6.45, 7) is 0.431. The number of benzene rings is 2. The summed E-state index contributed by atoms with van der Waals surface area (Å²) in [6, 6.07) is 13.6. The molecule has 4 nitrogen and oxygen atoms in total. The van der Waals surface area contributed by atoms with E-state index in [1.165, 1.54) is 6.07 Å². The van der Waals surface area contributed by atoms with E-state index in [0.717, 1.165) is 11.1 Å². The summed E-state index contributed by atoms with van der Waals surface area (Å²) in [5, 5.41) is 0. The molecule has 0 atom stereocenters. The fourth-order valence-corrected chi connectivity index (χ4v) is 2.46. The lowest BCUT2D eigenvalue weighted by Crippen LogP contribution is -2.00. The maximum absolute atomic E-state index is 11.3. The van der Waals surface area contributed by atoms with Crippen LogP contribution < -0.4 is 5.73 Å². The van der Waals surface area contributed by atoms with E-state index >= 15 is 0 Å². The summed E-state index contributed by atoms with van der Waals surface area (Å²) >= 11 is 0. The van der Waals surface area contributed by atoms with Gasteiger partial charge in [-0.1, -0.05) is 42.5 Å². The summed E-state index contributed by atoms with van der Waals surface area (Å²) in [6.07, 6.45) is 0. The van der Waals surface area contributed by atoms with Crippen molar-refractivity contribution < 1.29 is 13.0 Å². The first-order chi connectivity index (χ1) is 8.52. The van der Waals surface area contributed by atoms with Gasteiger partial charge in [-0.3, -0.25) is 4.55 Å². The Balaban J connectivity index is 2.57. The normalized spacial score (nSPS) is 11.4. The topological polar surface area (TPSA) is 80.4 Å². The molecule has 0 saturated carbocycles. The molecule has 0 spiro atoms. The quantitative estimate of drug-likeness (QED) is 0.831. The molecule has 0 unspecified atom stereocenters. The maximum atomic E-state index is 11.3. The smallest absolute Gasteiger partial charge is 0.295 e. The Hall–Kier alpha value is -1.69. The summed E-state index contributed by atoms with van der Waals surface area (Å²) in [5.41, 5.74) is 7.66. The summed E-state index contributed by atoms with van der Waals surface area (Å²) in [4.78, 5) is -0.0921. The van der Waals surface area contributed by atoms with E-state index in [4.69, 9.17) is 5.73 Å². The van der Waals surface area contributed by atoms with Crippen molar-refractivity contribution in [3.05, 3.63) is 54.1 Å². The number of nitrogens with two attached hydrogens (primary N) is 1. The first kappa shape index (κ1) is 12.8. The highest BCUT2D eigenvalue weighted by Gasteiger charge is 2.15. The predicted octanol–water partition coefficient (Wildman–Crippen LogP) is 2.06. The first-order valence-corrected chi connectivity index (χ1v) is 6.82. The van der Waals surface area contributed by atoms with Gasteiger partial charge in [0.15, 0.2) is 0 Å². The van der Waals surface area contributed by atoms with Gasteiger partial charge < -0.3 is 5.73 Å². The fraction of sp³-hybridized carbons (Fsp3) is 0.0769. The Morgan fingerprint density at radius 2 is 1.61 bits per heavy atom. The largest absolute Gasteiger partial charge is 0.326 e. The molecule has 18 heavy (non-hydrogen) atoms. The van der Waals surface area contributed by atoms with Crippen molar-refractivity contribution in [2.24, 2.45) is 5.73 Å². The molecule has 94 valence electrons. The van der Waals surface area contributed by atoms with E-state index in [1.807, 2.05) is 12.1 Å². The van der Waals surface area contributed by atoms with Crippen LogP contribution in [0.1, 0.15) is 5.56 Å². The molecule has 2 rings (SSSR count). The van der Waals surface area contributed by atoms with E-state index < -0.39 is 10.1 Å². The SMILES string of the molecule is NCc1ccc(-c2ccccc2S(=O)(=O)O)cc1. The van der Waals surface area contributed by atoms with Gasteiger partial charge in [0.1, 0.15) is 4.90 Å². The van der Waals surface area contributed by atoms with Crippen LogP contribution in [0.2, 0.25) is 0 Å². The van der Waals surface area contributed by atoms with Crippen LogP contribution in [0.15, 0.2) is 53.4 Å². The van der Waals surface area contributed by atoms with E-state index in [-0.39, 0.29) is 4.90 Å². The minimum absolute atomic E-state index is 0.0921. The zero-order valence-electron chi connectivity index (χ0n) is 9.58. The van der Waals surface area contributed by atoms with Gasteiger partial charge in [0.05, 0.1) is 0 Å². The van der Waals surface area contributed by atoms with Gasteiger partial charge in [-0.25, -0.2) is 0 Å². The van der Waals surface area contributed by atoms with Gasteiger partial charge in [-0.15, -0.1) is 0 Å². The monoisotopic (exact) mass is 263 g/mol. The van der Waals surface area contributed by atoms with Gasteiger partial charge in [0.2, 0.25) is 0 Å². The van der Waals surface area contributed by atoms with Crippen molar-refractivity contribution in [3.8, 4) is 11.1 Å². The maximum Gasteiger partial charge on any atom is 0.295 e. The molecule has 0 aliphatic heterocycles. The predicted molar refractivity (Wildman–Crippen MR) is 69.6 cm³/mol. The first-order valence-electron chi connectivity index (χ1n) is 5.38. The van der Waals surface area contributed by atoms with Crippen LogP contribution in [0.4, 0.5) is 0 Å². The van der Waals surface area contributed by atoms with Gasteiger partial charge >= 0.3 is 0 Å². The molecule has 2 aromatic carbocycles. The van der Waals surface area contributed by atoms with Crippen molar-refractivity contribution in [1.29, 1.82) is 0 Å². The van der Waals surface area contributed by atoms with Crippen LogP contribution in [0.3, 0.4) is 0 Å². The van der Waals surface area contributed by atoms with Crippen LogP contribution in [0.5, 0.6) is 0 Å². The summed E-state index contributed by atoms with van der Waals surface area (Å²) < 4.78 is 31.8. The second-order valence-electron chi connectivity index (χ2n) is 3.87. The van der Waals surface area contributed by atoms with Crippen LogP contribution >= 0.6 is 0 Å². The van der Waals surface area contributed by atoms with Crippen LogP contribution in [-0.4, -0.2) is 13.0 Å². The average molecular weight is 263 g/mol. The van der Waals surface area contributed by atoms with Gasteiger partial charge in [0, 0.05) is 12.1 Å². The standard InChI is InChI=1S/C13H13NO3S/c14-9-10-5-7-11(8-6-10)12-3-1-2-4-13(12)18(15,16)17/h1-8H,9,14H2,(H,15,16,17). The zero-order valence-corrected chi connectivity index (χ0v) is 10.4. The Kier molecular flexibility index (Phi) is 3.47. The molecule has 2 aromatic rings. The molecule has 0 aliphatic rings. The molecule has 0 radical (unpaired) electrons. The molecule has 3 N–H and O–H groups in total. The third-order valence-electron chi connectivity index (χ3n) is 2.67. The second-order valence-corrected chi connectivity index (χ2v) is 5.26. The number of hydrogen-bond acceptors (Lipinski definition) is 3. The van der Waals surface area contributed by atoms with E-state index in [9.17, 15) is 13.0 Å². The molecular formula is C13H13NO3S. The lowest BCUT2D eigenvalue weighted by molar-refractivity contribution is 0.483. The molecule has 0 amide bonds. The number of hydrogen-bond donors (Lipinski definition) is 2. The fourth-order valence-electron chi connectivity index (χ4n) is 1.75. The molecule has 0 aliphatic carbocycles. The highest BCUT2D eigenvalue weighted by atomic mass is 32.2. The van der Waals surface area contributed by atoms with Crippen molar-refractivity contribution in [3.63, 3.8) is 0 Å². The van der Waals surface area contributed by atoms with Crippen molar-refractivity contribution in [1.82, 2.24) is 0 Å². The highest BCUT2D eigenvalue weighted by Crippen LogP contribution is 2.27. The number of rotatable bonds is 3. The zero-order chi connectivity index (χ0) is 13.2. The third-order valence-corrected chi connectivity index (χ3v) is 3.58. The minimum atomic E-state index is -4.22. The van der Waals surface area contributed by atoms with Crippen molar-refractivity contribution in [2.75, 3.05) is 0 Å². The van der Waals surface area contributed by atoms with Gasteiger partial charge in [-0.2, -0.15) is 8.42 Å². The van der Waals surface area contributed by atoms with E-state index in [1.54, 1.807) is 30.3 Å². The molecule has 0 bridgehead atoms. The third kappa shape index (κ3) is 2.59. The van der Waals surface area contributed by atoms with Crippen LogP contribution in [-0.2, 0) is 16.7 Å². The molecule has 0 fully saturated rings. The Morgan fingerprint density at radius 1 is 1.00 bits per heavy atom. The second kappa shape index (κ2) is 4.89. The highest BCUT2D eigenvalue weighted by molar-refractivity contribution is 7.86. The van der Waals surface area contributed by atoms with Crippen molar-refractivity contribution >= 4 is 10.1 Å². The molecule has 0 heterocycles. The van der Waals surface area contributed by atoms with E-state index in [0.29, 0.717) is 12.1 Å². The Morgan fingerprint density at radius 3 is 2.17 bits per heavy atom. The summed E-state index contributed by atoms with van der Waals surface area (Å²) in [7, 11) is -4.22. The lowest BCUT2D eigenvalue weighted by atomic mass is 10.0. The molecule has 5 heteroatoms. The minimum Gasteiger partial charge on any atom is -0.326 e. The molecule has 0 saturated heterocycles. The van der Waals surface area contributed by atoms with E-state index in [2.05, 4.69) is 0 Å². The van der Waals surface area contributed by atoms with Crippen LogP contribution in [0.25, 0.3) is 11.1 Å².